The highest BCUT2D eigenvalue weighted by molar-refractivity contribution is 6.06. The lowest BCUT2D eigenvalue weighted by Crippen LogP contribution is -2.32. The Kier molecular flexibility index (Phi) is 8.41. The fourth-order valence-corrected chi connectivity index (χ4v) is 5.44. The fourth-order valence-electron chi connectivity index (χ4n) is 5.44. The number of carbonyl (C=O) groups excluding carboxylic acids is 2. The highest BCUT2D eigenvalue weighted by Gasteiger charge is 2.27. The molecule has 0 unspecified atom stereocenters. The normalized spacial score (nSPS) is 13.2. The zero-order valence-corrected chi connectivity index (χ0v) is 23.4. The van der Waals surface area contributed by atoms with Gasteiger partial charge in [-0.3, -0.25) is 14.7 Å². The zero-order valence-electron chi connectivity index (χ0n) is 23.4. The molecule has 0 saturated heterocycles. The van der Waals surface area contributed by atoms with Gasteiger partial charge in [0.2, 0.25) is 0 Å². The van der Waals surface area contributed by atoms with E-state index in [4.69, 9.17) is 9.72 Å². The molecule has 2 heterocycles. The molecule has 1 aliphatic rings. The average Bonchev–Trinajstić information content (AvgIpc) is 2.96. The van der Waals surface area contributed by atoms with Gasteiger partial charge in [0.05, 0.1) is 11.1 Å². The Morgan fingerprint density at radius 3 is 2.45 bits per heavy atom. The molecule has 0 bridgehead atoms. The minimum atomic E-state index is -0.502. The lowest BCUT2D eigenvalue weighted by atomic mass is 9.95. The average molecular weight is 537 g/mol. The molecule has 0 atom stereocenters. The first kappa shape index (κ1) is 27.3. The van der Waals surface area contributed by atoms with Gasteiger partial charge in [0, 0.05) is 66.7 Å². The summed E-state index contributed by atoms with van der Waals surface area (Å²) in [6.07, 6.45) is 0.746. The number of esters is 1. The van der Waals surface area contributed by atoms with Crippen molar-refractivity contribution in [3.63, 3.8) is 0 Å². The fraction of sp³-hybridized carbons (Fsp3) is 0.303. The highest BCUT2D eigenvalue weighted by atomic mass is 16.5. The minimum absolute atomic E-state index is 0.368. The van der Waals surface area contributed by atoms with E-state index in [0.29, 0.717) is 23.8 Å². The first-order chi connectivity index (χ1) is 19.4. The van der Waals surface area contributed by atoms with Crippen LogP contribution in [0.1, 0.15) is 48.0 Å². The molecule has 0 saturated carbocycles. The summed E-state index contributed by atoms with van der Waals surface area (Å²) >= 11 is 0. The second-order valence-corrected chi connectivity index (χ2v) is 10.4. The second-order valence-electron chi connectivity index (χ2n) is 10.4. The van der Waals surface area contributed by atoms with E-state index in [1.807, 2.05) is 66.7 Å². The number of nitrogens with one attached hydrogen (secondary N) is 1. The lowest BCUT2D eigenvalue weighted by Gasteiger charge is -2.30. The van der Waals surface area contributed by atoms with Crippen LogP contribution in [0.2, 0.25) is 0 Å². The van der Waals surface area contributed by atoms with E-state index in [0.717, 1.165) is 53.9 Å². The van der Waals surface area contributed by atoms with Gasteiger partial charge in [0.1, 0.15) is 0 Å². The molecule has 206 valence electrons. The van der Waals surface area contributed by atoms with Gasteiger partial charge in [-0.15, -0.1) is 0 Å². The van der Waals surface area contributed by atoms with Gasteiger partial charge in [0.15, 0.2) is 6.61 Å². The summed E-state index contributed by atoms with van der Waals surface area (Å²) in [6, 6.07) is 26.0. The van der Waals surface area contributed by atoms with Crippen LogP contribution in [-0.2, 0) is 29.0 Å². The summed E-state index contributed by atoms with van der Waals surface area (Å²) in [7, 11) is 0. The third-order valence-corrected chi connectivity index (χ3v) is 7.36. The summed E-state index contributed by atoms with van der Waals surface area (Å²) in [5.41, 5.74) is 6.04. The Morgan fingerprint density at radius 1 is 1.00 bits per heavy atom. The highest BCUT2D eigenvalue weighted by Crippen LogP contribution is 2.29. The summed E-state index contributed by atoms with van der Waals surface area (Å²) in [4.78, 5) is 35.7. The van der Waals surface area contributed by atoms with E-state index in [9.17, 15) is 9.59 Å². The van der Waals surface area contributed by atoms with Crippen molar-refractivity contribution in [3.05, 3.63) is 101 Å². The third-order valence-electron chi connectivity index (χ3n) is 7.36. The van der Waals surface area contributed by atoms with Gasteiger partial charge in [-0.1, -0.05) is 48.5 Å². The smallest absolute Gasteiger partial charge is 0.339 e. The predicted octanol–water partition coefficient (Wildman–Crippen LogP) is 5.82. The monoisotopic (exact) mass is 536 g/mol. The molecule has 0 fully saturated rings. The molecule has 1 aromatic heterocycles. The molecule has 3 aromatic carbocycles. The Morgan fingerprint density at radius 2 is 1.73 bits per heavy atom. The maximum atomic E-state index is 13.5. The van der Waals surface area contributed by atoms with E-state index in [2.05, 4.69) is 48.0 Å². The molecule has 0 radical (unpaired) electrons. The van der Waals surface area contributed by atoms with Crippen LogP contribution >= 0.6 is 0 Å². The minimum Gasteiger partial charge on any atom is -0.452 e. The second kappa shape index (κ2) is 12.3. The van der Waals surface area contributed by atoms with Crippen LogP contribution in [0, 0.1) is 0 Å². The molecule has 0 aliphatic carbocycles. The van der Waals surface area contributed by atoms with Crippen LogP contribution in [0.4, 0.5) is 11.4 Å². The van der Waals surface area contributed by atoms with Gasteiger partial charge >= 0.3 is 5.97 Å². The predicted molar refractivity (Wildman–Crippen MR) is 160 cm³/mol. The van der Waals surface area contributed by atoms with Crippen molar-refractivity contribution in [3.8, 4) is 0 Å². The number of carbonyl (C=O) groups is 2. The van der Waals surface area contributed by atoms with Crippen molar-refractivity contribution in [2.45, 2.75) is 46.3 Å². The number of fused-ring (bicyclic) bond motifs is 2. The molecule has 1 N–H and O–H groups in total. The van der Waals surface area contributed by atoms with E-state index < -0.39 is 5.97 Å². The molecule has 7 nitrogen and oxygen atoms in total. The molecule has 0 spiro atoms. The Balaban J connectivity index is 1.30. The summed E-state index contributed by atoms with van der Waals surface area (Å²) in [5.74, 6) is -0.882. The Bertz CT molecular complexity index is 1490. The maximum absolute atomic E-state index is 13.5. The summed E-state index contributed by atoms with van der Waals surface area (Å²) in [6.45, 7) is 9.19. The standard InChI is InChI=1S/C33H36N4O3/c1-4-37(23(2)3)26-16-14-25(15-17-26)34-31(38)22-40-33(39)32-27-12-8-9-13-29(27)35-30-18-19-36(21-28(30)32)20-24-10-6-5-7-11-24/h5-17,23H,4,18-22H2,1-3H3,(H,34,38). The molecule has 1 amide bonds. The van der Waals surface area contributed by atoms with Crippen LogP contribution < -0.4 is 10.2 Å². The zero-order chi connectivity index (χ0) is 28.1. The van der Waals surface area contributed by atoms with E-state index in [1.54, 1.807) is 0 Å². The van der Waals surface area contributed by atoms with Crippen molar-refractivity contribution in [2.75, 3.05) is 29.9 Å². The van der Waals surface area contributed by atoms with E-state index in [1.165, 1.54) is 5.56 Å². The topological polar surface area (TPSA) is 74.8 Å². The van der Waals surface area contributed by atoms with Crippen molar-refractivity contribution in [2.24, 2.45) is 0 Å². The molecule has 5 rings (SSSR count). The van der Waals surface area contributed by atoms with Crippen LogP contribution in [0.3, 0.4) is 0 Å². The number of amides is 1. The van der Waals surface area contributed by atoms with Crippen molar-refractivity contribution in [1.82, 2.24) is 9.88 Å². The van der Waals surface area contributed by atoms with Crippen LogP contribution in [-0.4, -0.2) is 47.5 Å². The molecular weight excluding hydrogens is 500 g/mol. The van der Waals surface area contributed by atoms with Crippen molar-refractivity contribution < 1.29 is 14.3 Å². The number of para-hydroxylation sites is 1. The Hall–Kier alpha value is -4.23. The van der Waals surface area contributed by atoms with E-state index in [-0.39, 0.29) is 12.5 Å². The molecule has 1 aliphatic heterocycles. The van der Waals surface area contributed by atoms with Crippen LogP contribution in [0.25, 0.3) is 10.9 Å². The summed E-state index contributed by atoms with van der Waals surface area (Å²) in [5, 5.41) is 3.59. The van der Waals surface area contributed by atoms with Gasteiger partial charge in [-0.25, -0.2) is 4.79 Å². The molecule has 4 aromatic rings. The number of hydrogen-bond acceptors (Lipinski definition) is 6. The van der Waals surface area contributed by atoms with Gasteiger partial charge in [0.25, 0.3) is 5.91 Å². The maximum Gasteiger partial charge on any atom is 0.339 e. The first-order valence-corrected chi connectivity index (χ1v) is 13.9. The first-order valence-electron chi connectivity index (χ1n) is 13.9. The number of nitrogens with zero attached hydrogens (tertiary/aromatic N) is 3. The number of aromatic nitrogens is 1. The number of pyridine rings is 1. The SMILES string of the molecule is CCN(c1ccc(NC(=O)COC(=O)c2c3c(nc4ccccc24)CCN(Cc2ccccc2)C3)cc1)C(C)C. The van der Waals surface area contributed by atoms with Crippen LogP contribution in [0.5, 0.6) is 0 Å². The number of rotatable bonds is 9. The number of hydrogen-bond donors (Lipinski definition) is 1. The van der Waals surface area contributed by atoms with E-state index >= 15 is 0 Å². The molecule has 7 heteroatoms. The summed E-state index contributed by atoms with van der Waals surface area (Å²) < 4.78 is 5.60. The number of anilines is 2. The van der Waals surface area contributed by atoms with Crippen molar-refractivity contribution >= 4 is 34.2 Å². The number of benzene rings is 3. The molecular formula is C33H36N4O3. The number of ether oxygens (including phenoxy) is 1. The molecule has 40 heavy (non-hydrogen) atoms. The Labute approximate surface area is 235 Å². The largest absolute Gasteiger partial charge is 0.452 e. The third kappa shape index (κ3) is 6.15. The van der Waals surface area contributed by atoms with Crippen molar-refractivity contribution in [1.29, 1.82) is 0 Å². The van der Waals surface area contributed by atoms with Gasteiger partial charge < -0.3 is 15.0 Å². The quantitative estimate of drug-likeness (QED) is 0.272. The van der Waals surface area contributed by atoms with Gasteiger partial charge in [-0.2, -0.15) is 0 Å². The van der Waals surface area contributed by atoms with Gasteiger partial charge in [-0.05, 0) is 56.7 Å². The van der Waals surface area contributed by atoms with Crippen LogP contribution in [0.15, 0.2) is 78.9 Å². The lowest BCUT2D eigenvalue weighted by molar-refractivity contribution is -0.119.